The van der Waals surface area contributed by atoms with E-state index in [1.165, 1.54) is 6.33 Å². The lowest BCUT2D eigenvalue weighted by Crippen LogP contribution is -2.07. The summed E-state index contributed by atoms with van der Waals surface area (Å²) in [6, 6.07) is 19.8. The number of benzene rings is 3. The summed E-state index contributed by atoms with van der Waals surface area (Å²) in [5.74, 6) is -0.589. The van der Waals surface area contributed by atoms with Crippen LogP contribution in [0.15, 0.2) is 71.5 Å². The molecule has 4 aromatic rings. The van der Waals surface area contributed by atoms with Gasteiger partial charge in [-0.05, 0) is 60.0 Å². The Morgan fingerprint density at radius 2 is 1.75 bits per heavy atom. The maximum atomic E-state index is 12.0. The number of anilines is 4. The Morgan fingerprint density at radius 1 is 1.06 bits per heavy atom. The Morgan fingerprint density at radius 3 is 2.39 bits per heavy atom. The molecule has 180 valence electrons. The van der Waals surface area contributed by atoms with Crippen molar-refractivity contribution < 1.29 is 4.92 Å². The van der Waals surface area contributed by atoms with E-state index in [9.17, 15) is 15.4 Å². The first-order valence-electron chi connectivity index (χ1n) is 10.5. The molecule has 0 saturated heterocycles. The molecule has 0 aliphatic carbocycles. The average Bonchev–Trinajstić information content (AvgIpc) is 2.83. The molecule has 0 radical (unpaired) electrons. The molecule has 36 heavy (non-hydrogen) atoms. The Balaban J connectivity index is 1.69. The van der Waals surface area contributed by atoms with Crippen molar-refractivity contribution in [3.8, 4) is 6.07 Å². The van der Waals surface area contributed by atoms with Gasteiger partial charge in [0.25, 0.3) is 0 Å². The zero-order valence-corrected chi connectivity index (χ0v) is 21.8. The van der Waals surface area contributed by atoms with Crippen LogP contribution < -0.4 is 10.6 Å². The van der Waals surface area contributed by atoms with Gasteiger partial charge in [-0.1, -0.05) is 63.4 Å². The number of hydrogen-bond donors (Lipinski definition) is 2. The van der Waals surface area contributed by atoms with Gasteiger partial charge in [0.15, 0.2) is 0 Å². The second kappa shape index (κ2) is 10.9. The van der Waals surface area contributed by atoms with E-state index in [1.807, 2.05) is 13.0 Å². The first-order valence-corrected chi connectivity index (χ1v) is 12.1. The van der Waals surface area contributed by atoms with E-state index >= 15 is 0 Å². The lowest BCUT2D eigenvalue weighted by Gasteiger charge is -2.17. The van der Waals surface area contributed by atoms with Gasteiger partial charge >= 0.3 is 5.69 Å². The minimum Gasteiger partial charge on any atom is -0.334 e. The molecule has 1 atom stereocenters. The van der Waals surface area contributed by atoms with Gasteiger partial charge in [0.1, 0.15) is 6.33 Å². The number of nitro groups is 1. The highest BCUT2D eigenvalue weighted by molar-refractivity contribution is 9.10. The zero-order valence-electron chi connectivity index (χ0n) is 18.7. The number of aromatic nitrogens is 2. The normalized spacial score (nSPS) is 11.4. The predicted octanol–water partition coefficient (Wildman–Crippen LogP) is 7.91. The molecule has 0 fully saturated rings. The van der Waals surface area contributed by atoms with E-state index in [0.29, 0.717) is 27.0 Å². The summed E-state index contributed by atoms with van der Waals surface area (Å²) in [5, 5.41) is 28.7. The van der Waals surface area contributed by atoms with Crippen molar-refractivity contribution in [1.82, 2.24) is 9.97 Å². The van der Waals surface area contributed by atoms with Crippen LogP contribution in [0.25, 0.3) is 0 Å². The molecular weight excluding hydrogens is 567 g/mol. The number of hydrogen-bond acceptors (Lipinski definition) is 7. The average molecular weight is 584 g/mol. The number of rotatable bonds is 7. The van der Waals surface area contributed by atoms with Crippen LogP contribution in [0.3, 0.4) is 0 Å². The third kappa shape index (κ3) is 5.57. The molecule has 8 nitrogen and oxygen atoms in total. The molecule has 0 saturated carbocycles. The summed E-state index contributed by atoms with van der Waals surface area (Å²) in [5.41, 5.74) is 2.88. The van der Waals surface area contributed by atoms with Crippen molar-refractivity contribution in [2.24, 2.45) is 0 Å². The summed E-state index contributed by atoms with van der Waals surface area (Å²) >= 11 is 15.9. The highest BCUT2D eigenvalue weighted by atomic mass is 79.9. The lowest BCUT2D eigenvalue weighted by molar-refractivity contribution is -0.383. The van der Waals surface area contributed by atoms with Crippen molar-refractivity contribution in [2.45, 2.75) is 12.8 Å². The summed E-state index contributed by atoms with van der Waals surface area (Å²) in [6.07, 6.45) is 1.23. The molecule has 0 aliphatic rings. The molecule has 0 aliphatic heterocycles. The molecule has 0 bridgehead atoms. The van der Waals surface area contributed by atoms with Gasteiger partial charge in [-0.15, -0.1) is 0 Å². The second-order valence-corrected chi connectivity index (χ2v) is 9.50. The van der Waals surface area contributed by atoms with Gasteiger partial charge in [0.2, 0.25) is 11.6 Å². The summed E-state index contributed by atoms with van der Waals surface area (Å²) in [7, 11) is 0. The molecule has 4 rings (SSSR count). The molecule has 1 unspecified atom stereocenters. The van der Waals surface area contributed by atoms with E-state index in [-0.39, 0.29) is 17.3 Å². The Labute approximate surface area is 225 Å². The van der Waals surface area contributed by atoms with Crippen LogP contribution in [0.5, 0.6) is 0 Å². The van der Waals surface area contributed by atoms with E-state index in [1.54, 1.807) is 54.6 Å². The van der Waals surface area contributed by atoms with E-state index in [2.05, 4.69) is 42.6 Å². The van der Waals surface area contributed by atoms with Crippen LogP contribution in [0.1, 0.15) is 22.6 Å². The SMILES string of the molecule is Cc1cc(C(C#N)c2ccc(Cl)cc2)c(Cl)cc1Nc1ncnc(Nc2cccc(Br)c2)c1[N+](=O)[O-]. The fourth-order valence-corrected chi connectivity index (χ4v) is 4.40. The van der Waals surface area contributed by atoms with Crippen molar-refractivity contribution in [2.75, 3.05) is 10.6 Å². The monoisotopic (exact) mass is 582 g/mol. The molecule has 2 N–H and O–H groups in total. The summed E-state index contributed by atoms with van der Waals surface area (Å²) < 4.78 is 0.808. The van der Waals surface area contributed by atoms with Crippen molar-refractivity contribution in [3.63, 3.8) is 0 Å². The zero-order chi connectivity index (χ0) is 25.8. The topological polar surface area (TPSA) is 117 Å². The lowest BCUT2D eigenvalue weighted by atomic mass is 9.91. The quantitative estimate of drug-likeness (QED) is 0.168. The third-order valence-corrected chi connectivity index (χ3v) is 6.40. The van der Waals surface area contributed by atoms with Gasteiger partial charge in [0, 0.05) is 25.9 Å². The highest BCUT2D eigenvalue weighted by Crippen LogP contribution is 2.38. The van der Waals surface area contributed by atoms with Crippen molar-refractivity contribution in [3.05, 3.63) is 108 Å². The highest BCUT2D eigenvalue weighted by Gasteiger charge is 2.25. The van der Waals surface area contributed by atoms with Crippen LogP contribution in [0.2, 0.25) is 10.0 Å². The van der Waals surface area contributed by atoms with E-state index in [4.69, 9.17) is 23.2 Å². The van der Waals surface area contributed by atoms with Crippen molar-refractivity contribution >= 4 is 67.8 Å². The Kier molecular flexibility index (Phi) is 7.70. The van der Waals surface area contributed by atoms with E-state index in [0.717, 1.165) is 15.6 Å². The maximum Gasteiger partial charge on any atom is 0.353 e. The van der Waals surface area contributed by atoms with Crippen molar-refractivity contribution in [1.29, 1.82) is 5.26 Å². The van der Waals surface area contributed by atoms with Crippen LogP contribution in [0, 0.1) is 28.4 Å². The van der Waals surface area contributed by atoms with Gasteiger partial charge in [-0.25, -0.2) is 9.97 Å². The standard InChI is InChI=1S/C25H17BrCl2N6O2/c1-14-9-19(20(12-29)15-5-7-17(27)8-6-15)21(28)11-22(14)33-25-23(34(35)36)24(30-13-31-25)32-18-4-2-3-16(26)10-18/h2-11,13,20H,1H3,(H2,30,31,32,33). The minimum atomic E-state index is -0.614. The fraction of sp³-hybridized carbons (Fsp3) is 0.0800. The van der Waals surface area contributed by atoms with Crippen LogP contribution in [-0.4, -0.2) is 14.9 Å². The first kappa shape index (κ1) is 25.4. The number of nitrogens with zero attached hydrogens (tertiary/aromatic N) is 4. The largest absolute Gasteiger partial charge is 0.353 e. The maximum absolute atomic E-state index is 12.0. The molecular formula is C25H17BrCl2N6O2. The van der Waals surface area contributed by atoms with Crippen LogP contribution in [-0.2, 0) is 0 Å². The molecule has 11 heteroatoms. The summed E-state index contributed by atoms with van der Waals surface area (Å²) in [4.78, 5) is 19.6. The molecule has 0 spiro atoms. The minimum absolute atomic E-state index is 0.00560. The molecule has 1 aromatic heterocycles. The smallest absolute Gasteiger partial charge is 0.334 e. The van der Waals surface area contributed by atoms with Gasteiger partial charge in [-0.2, -0.15) is 5.26 Å². The number of nitrogens with one attached hydrogen (secondary N) is 2. The number of halogens is 3. The molecule has 3 aromatic carbocycles. The molecule has 1 heterocycles. The number of nitriles is 1. The Bertz CT molecular complexity index is 1490. The van der Waals surface area contributed by atoms with Crippen LogP contribution >= 0.6 is 39.1 Å². The summed E-state index contributed by atoms with van der Waals surface area (Å²) in [6.45, 7) is 1.81. The van der Waals surface area contributed by atoms with Gasteiger partial charge < -0.3 is 10.6 Å². The predicted molar refractivity (Wildman–Crippen MR) is 144 cm³/mol. The fourth-order valence-electron chi connectivity index (χ4n) is 3.60. The van der Waals surface area contributed by atoms with E-state index < -0.39 is 10.8 Å². The van der Waals surface area contributed by atoms with Gasteiger partial charge in [0.05, 0.1) is 16.9 Å². The molecule has 0 amide bonds. The Hall–Kier alpha value is -3.71. The second-order valence-electron chi connectivity index (χ2n) is 7.74. The third-order valence-electron chi connectivity index (χ3n) is 5.33. The number of aryl methyl sites for hydroxylation is 1. The first-order chi connectivity index (χ1) is 17.3. The van der Waals surface area contributed by atoms with Gasteiger partial charge in [-0.3, -0.25) is 10.1 Å². The van der Waals surface area contributed by atoms with Crippen LogP contribution in [0.4, 0.5) is 28.7 Å².